The van der Waals surface area contributed by atoms with Crippen LogP contribution < -0.4 is 4.74 Å². The highest BCUT2D eigenvalue weighted by Crippen LogP contribution is 2.25. The Balaban J connectivity index is 2.13. The zero-order valence-corrected chi connectivity index (χ0v) is 11.4. The maximum Gasteiger partial charge on any atom is 0.206 e. The van der Waals surface area contributed by atoms with Crippen molar-refractivity contribution in [3.05, 3.63) is 64.2 Å². The van der Waals surface area contributed by atoms with Crippen LogP contribution >= 0.6 is 11.6 Å². The van der Waals surface area contributed by atoms with Crippen LogP contribution in [-0.2, 0) is 0 Å². The first-order valence-electron chi connectivity index (χ1n) is 5.85. The Bertz CT molecular complexity index is 636. The van der Waals surface area contributed by atoms with Crippen LogP contribution in [0.5, 0.6) is 5.75 Å². The fourth-order valence-corrected chi connectivity index (χ4v) is 1.99. The zero-order chi connectivity index (χ0) is 14.7. The van der Waals surface area contributed by atoms with Gasteiger partial charge in [0.25, 0.3) is 0 Å². The van der Waals surface area contributed by atoms with Crippen molar-refractivity contribution in [1.82, 2.24) is 0 Å². The van der Waals surface area contributed by atoms with Crippen molar-refractivity contribution in [2.75, 3.05) is 6.61 Å². The molecular formula is C15H11ClF2O2. The highest BCUT2D eigenvalue weighted by atomic mass is 35.5. The minimum atomic E-state index is -0.909. The summed E-state index contributed by atoms with van der Waals surface area (Å²) < 4.78 is 32.0. The monoisotopic (exact) mass is 296 g/mol. The summed E-state index contributed by atoms with van der Waals surface area (Å²) in [7, 11) is 0. The lowest BCUT2D eigenvalue weighted by Gasteiger charge is -2.09. The number of hydrogen-bond acceptors (Lipinski definition) is 2. The molecule has 0 bridgehead atoms. The molecule has 0 aliphatic heterocycles. The van der Waals surface area contributed by atoms with Crippen LogP contribution in [0.3, 0.4) is 0 Å². The molecule has 0 N–H and O–H groups in total. The molecule has 0 aliphatic carbocycles. The molecule has 104 valence electrons. The number of halogens is 3. The number of benzene rings is 2. The van der Waals surface area contributed by atoms with Crippen molar-refractivity contribution >= 4 is 17.4 Å². The highest BCUT2D eigenvalue weighted by Gasteiger charge is 2.17. The molecule has 0 aliphatic rings. The number of aryl methyl sites for hydroxylation is 1. The van der Waals surface area contributed by atoms with Crippen LogP contribution in [0.1, 0.15) is 15.9 Å². The SMILES string of the molecule is Cc1ccc(OCC(=O)c2c(F)cccc2F)c(Cl)c1. The smallest absolute Gasteiger partial charge is 0.206 e. The van der Waals surface area contributed by atoms with Crippen molar-refractivity contribution in [1.29, 1.82) is 0 Å². The Morgan fingerprint density at radius 3 is 2.45 bits per heavy atom. The van der Waals surface area contributed by atoms with Crippen LogP contribution in [-0.4, -0.2) is 12.4 Å². The van der Waals surface area contributed by atoms with Gasteiger partial charge in [-0.1, -0.05) is 23.7 Å². The van der Waals surface area contributed by atoms with E-state index in [2.05, 4.69) is 0 Å². The first-order chi connectivity index (χ1) is 9.49. The van der Waals surface area contributed by atoms with Crippen LogP contribution in [0, 0.1) is 18.6 Å². The Hall–Kier alpha value is -1.94. The maximum atomic E-state index is 13.4. The number of ketones is 1. The molecule has 0 amide bonds. The number of Topliss-reactive ketones (excluding diaryl/α,β-unsaturated/α-hetero) is 1. The summed E-state index contributed by atoms with van der Waals surface area (Å²) in [6.45, 7) is 1.37. The van der Waals surface area contributed by atoms with Crippen LogP contribution in [0.15, 0.2) is 36.4 Å². The second-order valence-corrected chi connectivity index (χ2v) is 4.65. The molecule has 0 unspecified atom stereocenters. The molecule has 2 rings (SSSR count). The van der Waals surface area contributed by atoms with Gasteiger partial charge in [-0.15, -0.1) is 0 Å². The molecule has 0 saturated heterocycles. The topological polar surface area (TPSA) is 26.3 Å². The van der Waals surface area contributed by atoms with Gasteiger partial charge < -0.3 is 4.74 Å². The summed E-state index contributed by atoms with van der Waals surface area (Å²) in [5, 5.41) is 0.340. The first-order valence-corrected chi connectivity index (χ1v) is 6.23. The molecule has 2 nitrogen and oxygen atoms in total. The van der Waals surface area contributed by atoms with Gasteiger partial charge in [0, 0.05) is 0 Å². The minimum Gasteiger partial charge on any atom is -0.484 e. The summed E-state index contributed by atoms with van der Waals surface area (Å²) in [5.74, 6) is -2.30. The zero-order valence-electron chi connectivity index (χ0n) is 10.6. The van der Waals surface area contributed by atoms with Gasteiger partial charge in [-0.05, 0) is 36.8 Å². The summed E-state index contributed by atoms with van der Waals surface area (Å²) in [6.07, 6.45) is 0. The van der Waals surface area contributed by atoms with E-state index in [-0.39, 0.29) is 0 Å². The molecule has 0 fully saturated rings. The standard InChI is InChI=1S/C15H11ClF2O2/c1-9-5-6-14(10(16)7-9)20-8-13(19)15-11(17)3-2-4-12(15)18/h2-7H,8H2,1H3. The second-order valence-electron chi connectivity index (χ2n) is 4.24. The number of carbonyl (C=O) groups is 1. The molecule has 0 spiro atoms. The first kappa shape index (κ1) is 14.5. The van der Waals surface area contributed by atoms with E-state index < -0.39 is 29.6 Å². The number of hydrogen-bond donors (Lipinski definition) is 0. The Kier molecular flexibility index (Phi) is 4.35. The van der Waals surface area contributed by atoms with Crippen molar-refractivity contribution in [2.24, 2.45) is 0 Å². The molecule has 2 aromatic carbocycles. The molecule has 0 aromatic heterocycles. The highest BCUT2D eigenvalue weighted by molar-refractivity contribution is 6.32. The lowest BCUT2D eigenvalue weighted by molar-refractivity contribution is 0.0913. The van der Waals surface area contributed by atoms with Crippen molar-refractivity contribution < 1.29 is 18.3 Å². The predicted octanol–water partition coefficient (Wildman–Crippen LogP) is 4.19. The largest absolute Gasteiger partial charge is 0.484 e. The van der Waals surface area contributed by atoms with Gasteiger partial charge in [-0.2, -0.15) is 0 Å². The lowest BCUT2D eigenvalue weighted by atomic mass is 10.1. The average molecular weight is 297 g/mol. The quantitative estimate of drug-likeness (QED) is 0.791. The van der Waals surface area contributed by atoms with Gasteiger partial charge in [-0.25, -0.2) is 8.78 Å². The van der Waals surface area contributed by atoms with E-state index in [1.165, 1.54) is 6.07 Å². The van der Waals surface area contributed by atoms with E-state index in [4.69, 9.17) is 16.3 Å². The third-order valence-corrected chi connectivity index (χ3v) is 2.98. The normalized spacial score (nSPS) is 10.4. The van der Waals surface area contributed by atoms with E-state index in [9.17, 15) is 13.6 Å². The molecule has 5 heteroatoms. The lowest BCUT2D eigenvalue weighted by Crippen LogP contribution is -2.15. The van der Waals surface area contributed by atoms with E-state index in [1.807, 2.05) is 6.92 Å². The van der Waals surface area contributed by atoms with E-state index in [0.29, 0.717) is 10.8 Å². The Labute approximate surface area is 119 Å². The third-order valence-electron chi connectivity index (χ3n) is 2.69. The Morgan fingerprint density at radius 1 is 1.20 bits per heavy atom. The fraction of sp³-hybridized carbons (Fsp3) is 0.133. The molecule has 0 heterocycles. The molecule has 0 radical (unpaired) electrons. The van der Waals surface area contributed by atoms with Gasteiger partial charge in [0.05, 0.1) is 10.6 Å². The molecule has 2 aromatic rings. The summed E-state index contributed by atoms with van der Waals surface area (Å²) >= 11 is 5.94. The molecular weight excluding hydrogens is 286 g/mol. The third kappa shape index (κ3) is 3.14. The van der Waals surface area contributed by atoms with Crippen molar-refractivity contribution in [2.45, 2.75) is 6.92 Å². The average Bonchev–Trinajstić information content (AvgIpc) is 2.37. The van der Waals surface area contributed by atoms with Gasteiger partial charge in [0.1, 0.15) is 17.4 Å². The minimum absolute atomic E-state index is 0.294. The molecule has 0 atom stereocenters. The van der Waals surface area contributed by atoms with Crippen molar-refractivity contribution in [3.8, 4) is 5.75 Å². The summed E-state index contributed by atoms with van der Waals surface area (Å²) in [4.78, 5) is 11.8. The second kappa shape index (κ2) is 6.01. The van der Waals surface area contributed by atoms with Crippen molar-refractivity contribution in [3.63, 3.8) is 0 Å². The Morgan fingerprint density at radius 2 is 1.85 bits per heavy atom. The molecule has 0 saturated carbocycles. The van der Waals surface area contributed by atoms with Crippen LogP contribution in [0.25, 0.3) is 0 Å². The number of ether oxygens (including phenoxy) is 1. The molecule has 20 heavy (non-hydrogen) atoms. The predicted molar refractivity (Wildman–Crippen MR) is 72.4 cm³/mol. The van der Waals surface area contributed by atoms with Crippen LogP contribution in [0.4, 0.5) is 8.78 Å². The number of rotatable bonds is 4. The van der Waals surface area contributed by atoms with Gasteiger partial charge in [0.2, 0.25) is 5.78 Å². The summed E-state index contributed by atoms with van der Waals surface area (Å²) in [5.41, 5.74) is 0.338. The van der Waals surface area contributed by atoms with Gasteiger partial charge in [0.15, 0.2) is 6.61 Å². The van der Waals surface area contributed by atoms with E-state index in [0.717, 1.165) is 17.7 Å². The fourth-order valence-electron chi connectivity index (χ4n) is 1.70. The summed E-state index contributed by atoms with van der Waals surface area (Å²) in [6, 6.07) is 8.27. The van der Waals surface area contributed by atoms with E-state index in [1.54, 1.807) is 18.2 Å². The van der Waals surface area contributed by atoms with Gasteiger partial charge in [-0.3, -0.25) is 4.79 Å². The van der Waals surface area contributed by atoms with E-state index >= 15 is 0 Å². The maximum absolute atomic E-state index is 13.4. The van der Waals surface area contributed by atoms with Gasteiger partial charge >= 0.3 is 0 Å². The number of carbonyl (C=O) groups excluding carboxylic acids is 1. The van der Waals surface area contributed by atoms with Crippen LogP contribution in [0.2, 0.25) is 5.02 Å².